The maximum Gasteiger partial charge on any atom is 0.339 e. The molecule has 0 saturated heterocycles. The van der Waals surface area contributed by atoms with E-state index < -0.39 is 0 Å². The quantitative estimate of drug-likeness (QED) is 0.485. The Morgan fingerprint density at radius 2 is 2.16 bits per heavy atom. The zero-order valence-corrected chi connectivity index (χ0v) is 13.1. The Bertz CT molecular complexity index is 449. The molecule has 0 unspecified atom stereocenters. The smallest absolute Gasteiger partial charge is 0.339 e. The van der Waals surface area contributed by atoms with Gasteiger partial charge < -0.3 is 10.5 Å². The van der Waals surface area contributed by atoms with E-state index in [-0.39, 0.29) is 5.97 Å². The van der Waals surface area contributed by atoms with Gasteiger partial charge in [0.1, 0.15) is 0 Å². The van der Waals surface area contributed by atoms with Crippen LogP contribution in [0.3, 0.4) is 0 Å². The molecule has 1 aromatic carbocycles. The molecule has 2 N–H and O–H groups in total. The maximum atomic E-state index is 11.9. The second kappa shape index (κ2) is 7.65. The van der Waals surface area contributed by atoms with Crippen LogP contribution in [0.4, 0.5) is 5.69 Å². The third-order valence-electron chi connectivity index (χ3n) is 2.50. The first-order chi connectivity index (χ1) is 8.95. The fraction of sp³-hybridized carbons (Fsp3) is 0.500. The van der Waals surface area contributed by atoms with Crippen LogP contribution in [0.1, 0.15) is 37.6 Å². The van der Waals surface area contributed by atoms with Crippen molar-refractivity contribution in [3.05, 3.63) is 22.7 Å². The molecule has 0 heterocycles. The predicted molar refractivity (Wildman–Crippen MR) is 82.0 cm³/mol. The van der Waals surface area contributed by atoms with Crippen LogP contribution in [-0.2, 0) is 4.74 Å². The predicted octanol–water partition coefficient (Wildman–Crippen LogP) is 4.24. The van der Waals surface area contributed by atoms with Gasteiger partial charge in [-0.1, -0.05) is 25.4 Å². The number of rotatable bonds is 6. The molecule has 106 valence electrons. The van der Waals surface area contributed by atoms with Crippen molar-refractivity contribution >= 4 is 35.0 Å². The summed E-state index contributed by atoms with van der Waals surface area (Å²) in [7, 11) is 0. The molecule has 0 aromatic heterocycles. The normalized spacial score (nSPS) is 10.8. The first-order valence-electron chi connectivity index (χ1n) is 6.34. The highest BCUT2D eigenvalue weighted by Gasteiger charge is 2.17. The van der Waals surface area contributed by atoms with E-state index >= 15 is 0 Å². The standard InChI is InChI=1S/C14H20ClNO2S/c1-4-18-14(17)11-7-10(16)8-12(15)13(11)19-6-5-9(2)3/h7-9H,4-6,16H2,1-3H3. The van der Waals surface area contributed by atoms with Crippen LogP contribution in [0.5, 0.6) is 0 Å². The van der Waals surface area contributed by atoms with E-state index in [4.69, 9.17) is 22.1 Å². The molecule has 1 rings (SSSR count). The molecule has 3 nitrogen and oxygen atoms in total. The van der Waals surface area contributed by atoms with Crippen LogP contribution in [0.25, 0.3) is 0 Å². The van der Waals surface area contributed by atoms with Crippen molar-refractivity contribution in [1.29, 1.82) is 0 Å². The number of hydrogen-bond acceptors (Lipinski definition) is 4. The first kappa shape index (κ1) is 16.2. The number of thioether (sulfide) groups is 1. The van der Waals surface area contributed by atoms with E-state index in [9.17, 15) is 4.79 Å². The van der Waals surface area contributed by atoms with E-state index in [2.05, 4.69) is 13.8 Å². The summed E-state index contributed by atoms with van der Waals surface area (Å²) in [5, 5.41) is 0.511. The lowest BCUT2D eigenvalue weighted by Gasteiger charge is -2.12. The summed E-state index contributed by atoms with van der Waals surface area (Å²) in [6.45, 7) is 6.44. The number of carbonyl (C=O) groups is 1. The van der Waals surface area contributed by atoms with Gasteiger partial charge >= 0.3 is 5.97 Å². The van der Waals surface area contributed by atoms with E-state index in [0.717, 1.165) is 17.1 Å². The first-order valence-corrected chi connectivity index (χ1v) is 7.71. The van der Waals surface area contributed by atoms with E-state index in [1.165, 1.54) is 0 Å². The summed E-state index contributed by atoms with van der Waals surface area (Å²) in [5.74, 6) is 1.16. The van der Waals surface area contributed by atoms with Gasteiger partial charge in [0.2, 0.25) is 0 Å². The Hall–Kier alpha value is -0.870. The number of nitrogen functional groups attached to an aromatic ring is 1. The molecule has 1 aromatic rings. The number of halogens is 1. The Labute approximate surface area is 123 Å². The molecule has 0 radical (unpaired) electrons. The summed E-state index contributed by atoms with van der Waals surface area (Å²) in [6.07, 6.45) is 1.06. The van der Waals surface area contributed by atoms with Crippen LogP contribution in [0.15, 0.2) is 17.0 Å². The molecule has 0 fully saturated rings. The lowest BCUT2D eigenvalue weighted by molar-refractivity contribution is 0.0522. The second-order valence-electron chi connectivity index (χ2n) is 4.63. The molecule has 0 amide bonds. The van der Waals surface area contributed by atoms with Crippen LogP contribution >= 0.6 is 23.4 Å². The molecule has 0 aliphatic heterocycles. The summed E-state index contributed by atoms with van der Waals surface area (Å²) >= 11 is 7.76. The van der Waals surface area contributed by atoms with Crippen LogP contribution < -0.4 is 5.73 Å². The molecule has 5 heteroatoms. The van der Waals surface area contributed by atoms with Crippen LogP contribution in [0.2, 0.25) is 5.02 Å². The number of esters is 1. The zero-order valence-electron chi connectivity index (χ0n) is 11.5. The van der Waals surface area contributed by atoms with Gasteiger partial charge in [0, 0.05) is 10.6 Å². The number of nitrogens with two attached hydrogens (primary N) is 1. The second-order valence-corrected chi connectivity index (χ2v) is 6.14. The zero-order chi connectivity index (χ0) is 14.4. The van der Waals surface area contributed by atoms with Crippen LogP contribution in [0, 0.1) is 5.92 Å². The topological polar surface area (TPSA) is 52.3 Å². The van der Waals surface area contributed by atoms with Crippen molar-refractivity contribution in [2.24, 2.45) is 5.92 Å². The average molecular weight is 302 g/mol. The van der Waals surface area contributed by atoms with Crippen molar-refractivity contribution < 1.29 is 9.53 Å². The highest BCUT2D eigenvalue weighted by molar-refractivity contribution is 7.99. The lowest BCUT2D eigenvalue weighted by Crippen LogP contribution is -2.07. The monoisotopic (exact) mass is 301 g/mol. The number of ether oxygens (including phenoxy) is 1. The molecule has 0 bridgehead atoms. The minimum atomic E-state index is -0.372. The third kappa shape index (κ3) is 4.96. The Kier molecular flexibility index (Phi) is 6.52. The fourth-order valence-electron chi connectivity index (χ4n) is 1.52. The Morgan fingerprint density at radius 3 is 2.74 bits per heavy atom. The highest BCUT2D eigenvalue weighted by atomic mass is 35.5. The Balaban J connectivity index is 2.96. The molecule has 0 saturated carbocycles. The molecule has 0 aliphatic carbocycles. The summed E-state index contributed by atoms with van der Waals surface area (Å²) in [4.78, 5) is 12.7. The minimum absolute atomic E-state index is 0.335. The van der Waals surface area contributed by atoms with E-state index in [1.807, 2.05) is 0 Å². The lowest BCUT2D eigenvalue weighted by atomic mass is 10.2. The maximum absolute atomic E-state index is 11.9. The molecule has 0 aliphatic rings. The molecule has 0 spiro atoms. The van der Waals surface area contributed by atoms with E-state index in [1.54, 1.807) is 30.8 Å². The van der Waals surface area contributed by atoms with Crippen molar-refractivity contribution in [1.82, 2.24) is 0 Å². The van der Waals surface area contributed by atoms with Crippen molar-refractivity contribution in [3.8, 4) is 0 Å². The van der Waals surface area contributed by atoms with Crippen molar-refractivity contribution in [2.45, 2.75) is 32.1 Å². The molecular formula is C14H20ClNO2S. The van der Waals surface area contributed by atoms with E-state index in [0.29, 0.717) is 28.8 Å². The van der Waals surface area contributed by atoms with Gasteiger partial charge in [-0.05, 0) is 37.1 Å². The van der Waals surface area contributed by atoms with Crippen molar-refractivity contribution in [2.75, 3.05) is 18.1 Å². The molecule has 0 atom stereocenters. The number of benzene rings is 1. The van der Waals surface area contributed by atoms with Gasteiger partial charge in [-0.3, -0.25) is 0 Å². The van der Waals surface area contributed by atoms with Gasteiger partial charge in [0.25, 0.3) is 0 Å². The summed E-state index contributed by atoms with van der Waals surface area (Å²) in [5.41, 5.74) is 6.67. The van der Waals surface area contributed by atoms with Gasteiger partial charge in [0.05, 0.1) is 17.2 Å². The molecular weight excluding hydrogens is 282 g/mol. The number of anilines is 1. The third-order valence-corrected chi connectivity index (χ3v) is 4.08. The molecule has 19 heavy (non-hydrogen) atoms. The van der Waals surface area contributed by atoms with Gasteiger partial charge in [0.15, 0.2) is 0 Å². The SMILES string of the molecule is CCOC(=O)c1cc(N)cc(Cl)c1SCCC(C)C. The summed E-state index contributed by atoms with van der Waals surface area (Å²) in [6, 6.07) is 3.30. The van der Waals surface area contributed by atoms with Crippen molar-refractivity contribution in [3.63, 3.8) is 0 Å². The van der Waals surface area contributed by atoms with Gasteiger partial charge in [-0.2, -0.15) is 0 Å². The minimum Gasteiger partial charge on any atom is -0.462 e. The van der Waals surface area contributed by atoms with Gasteiger partial charge in [-0.15, -0.1) is 11.8 Å². The number of carbonyl (C=O) groups excluding carboxylic acids is 1. The largest absolute Gasteiger partial charge is 0.462 e. The van der Waals surface area contributed by atoms with Crippen LogP contribution in [-0.4, -0.2) is 18.3 Å². The number of hydrogen-bond donors (Lipinski definition) is 1. The summed E-state index contributed by atoms with van der Waals surface area (Å²) < 4.78 is 5.04. The highest BCUT2D eigenvalue weighted by Crippen LogP contribution is 2.34. The average Bonchev–Trinajstić information content (AvgIpc) is 2.31. The Morgan fingerprint density at radius 1 is 1.47 bits per heavy atom. The van der Waals surface area contributed by atoms with Gasteiger partial charge in [-0.25, -0.2) is 4.79 Å². The fourth-order valence-corrected chi connectivity index (χ4v) is 3.20.